The van der Waals surface area contributed by atoms with E-state index in [1.807, 2.05) is 0 Å². The highest BCUT2D eigenvalue weighted by Crippen LogP contribution is 2.29. The topological polar surface area (TPSA) is 76.5 Å². The van der Waals surface area contributed by atoms with Crippen LogP contribution >= 0.6 is 0 Å². The number of fused-ring (bicyclic) bond motifs is 1. The minimum absolute atomic E-state index is 0.229. The molecule has 2 aromatic carbocycles. The van der Waals surface area contributed by atoms with E-state index in [-0.39, 0.29) is 23.4 Å². The van der Waals surface area contributed by atoms with Crippen LogP contribution in [0.1, 0.15) is 11.1 Å². The number of para-hydroxylation sites is 1. The molecule has 0 atom stereocenters. The average molecular weight is 371 g/mol. The monoisotopic (exact) mass is 371 g/mol. The number of benzene rings is 2. The van der Waals surface area contributed by atoms with Crippen molar-refractivity contribution >= 4 is 10.9 Å². The Morgan fingerprint density at radius 3 is 2.44 bits per heavy atom. The van der Waals surface area contributed by atoms with Gasteiger partial charge in [0.25, 0.3) is 0 Å². The highest BCUT2D eigenvalue weighted by molar-refractivity contribution is 5.82. The third-order valence-corrected chi connectivity index (χ3v) is 4.22. The van der Waals surface area contributed by atoms with Crippen molar-refractivity contribution in [1.82, 2.24) is 25.2 Å². The van der Waals surface area contributed by atoms with Crippen molar-refractivity contribution in [2.45, 2.75) is 12.7 Å². The van der Waals surface area contributed by atoms with E-state index >= 15 is 0 Å². The first-order valence-corrected chi connectivity index (χ1v) is 7.96. The summed E-state index contributed by atoms with van der Waals surface area (Å²) in [6, 6.07) is 11.9. The number of hydrogen-bond donors (Lipinski definition) is 1. The van der Waals surface area contributed by atoms with E-state index in [2.05, 4.69) is 20.6 Å². The molecule has 0 bridgehead atoms. The summed E-state index contributed by atoms with van der Waals surface area (Å²) in [7, 11) is 0. The molecule has 0 aliphatic carbocycles. The molecule has 136 valence electrons. The lowest BCUT2D eigenvalue weighted by molar-refractivity contribution is -0.137. The van der Waals surface area contributed by atoms with Crippen LogP contribution in [0.2, 0.25) is 0 Å². The van der Waals surface area contributed by atoms with Gasteiger partial charge in [0.1, 0.15) is 0 Å². The zero-order valence-corrected chi connectivity index (χ0v) is 13.7. The van der Waals surface area contributed by atoms with Gasteiger partial charge >= 0.3 is 6.18 Å². The van der Waals surface area contributed by atoms with Crippen molar-refractivity contribution in [2.75, 3.05) is 0 Å². The lowest BCUT2D eigenvalue weighted by Gasteiger charge is -2.13. The van der Waals surface area contributed by atoms with Gasteiger partial charge in [-0.1, -0.05) is 24.3 Å². The van der Waals surface area contributed by atoms with Gasteiger partial charge in [-0.25, -0.2) is 5.10 Å². The molecular formula is C18H12F3N5O. The average Bonchev–Trinajstić information content (AvgIpc) is 3.18. The van der Waals surface area contributed by atoms with Crippen LogP contribution in [0, 0.1) is 0 Å². The summed E-state index contributed by atoms with van der Waals surface area (Å²) in [5, 5.41) is 13.8. The highest BCUT2D eigenvalue weighted by atomic mass is 19.4. The molecule has 6 nitrogen and oxygen atoms in total. The van der Waals surface area contributed by atoms with Gasteiger partial charge in [-0.15, -0.1) is 5.10 Å². The van der Waals surface area contributed by atoms with Crippen LogP contribution in [-0.4, -0.2) is 25.2 Å². The molecule has 0 radical (unpaired) electrons. The minimum atomic E-state index is -4.38. The van der Waals surface area contributed by atoms with Crippen LogP contribution in [0.5, 0.6) is 0 Å². The maximum atomic E-state index is 12.7. The molecule has 0 saturated heterocycles. The van der Waals surface area contributed by atoms with Crippen molar-refractivity contribution in [1.29, 1.82) is 0 Å². The lowest BCUT2D eigenvalue weighted by atomic mass is 10.1. The molecule has 2 aromatic heterocycles. The molecule has 1 N–H and O–H groups in total. The highest BCUT2D eigenvalue weighted by Gasteiger charge is 2.29. The molecule has 2 heterocycles. The fourth-order valence-corrected chi connectivity index (χ4v) is 2.91. The predicted octanol–water partition coefficient (Wildman–Crippen LogP) is 3.25. The first kappa shape index (κ1) is 17.0. The maximum absolute atomic E-state index is 12.7. The van der Waals surface area contributed by atoms with E-state index in [0.717, 1.165) is 12.1 Å². The first-order chi connectivity index (χ1) is 12.9. The number of nitrogens with one attached hydrogen (secondary N) is 1. The molecule has 9 heteroatoms. The second kappa shape index (κ2) is 6.35. The van der Waals surface area contributed by atoms with E-state index in [4.69, 9.17) is 0 Å². The number of aromatic amines is 1. The Balaban J connectivity index is 1.82. The van der Waals surface area contributed by atoms with Crippen molar-refractivity contribution < 1.29 is 13.2 Å². The van der Waals surface area contributed by atoms with Crippen LogP contribution in [-0.2, 0) is 12.7 Å². The molecule has 0 fully saturated rings. The van der Waals surface area contributed by atoms with Gasteiger partial charge in [-0.2, -0.15) is 13.2 Å². The van der Waals surface area contributed by atoms with Crippen molar-refractivity contribution in [3.05, 3.63) is 76.1 Å². The Morgan fingerprint density at radius 2 is 1.78 bits per heavy atom. The standard InChI is InChI=1S/C18H12F3N5O/c19-18(20,21)12-7-5-11(6-8-12)9-26-10-14(17-22-24-25-23-17)16(27)13-3-1-2-4-15(13)26/h1-8,10H,9H2,(H,22,23,24,25). The number of halogens is 3. The second-order valence-corrected chi connectivity index (χ2v) is 5.96. The second-order valence-electron chi connectivity index (χ2n) is 5.96. The molecule has 0 unspecified atom stereocenters. The zero-order chi connectivity index (χ0) is 19.0. The van der Waals surface area contributed by atoms with E-state index in [1.54, 1.807) is 35.0 Å². The number of pyridine rings is 1. The smallest absolute Gasteiger partial charge is 0.342 e. The fourth-order valence-electron chi connectivity index (χ4n) is 2.91. The molecule has 4 aromatic rings. The van der Waals surface area contributed by atoms with E-state index in [0.29, 0.717) is 16.5 Å². The van der Waals surface area contributed by atoms with Gasteiger partial charge < -0.3 is 4.57 Å². The van der Waals surface area contributed by atoms with Gasteiger partial charge in [0.15, 0.2) is 11.3 Å². The van der Waals surface area contributed by atoms with Crippen molar-refractivity contribution in [3.8, 4) is 11.4 Å². The summed E-state index contributed by atoms with van der Waals surface area (Å²) in [6.45, 7) is 0.285. The SMILES string of the molecule is O=c1c(-c2nnn[nH]2)cn(Cc2ccc(C(F)(F)F)cc2)c2ccccc12. The summed E-state index contributed by atoms with van der Waals surface area (Å²) < 4.78 is 40.0. The number of aromatic nitrogens is 5. The Bertz CT molecular complexity index is 1150. The quantitative estimate of drug-likeness (QED) is 0.600. The zero-order valence-electron chi connectivity index (χ0n) is 13.7. The van der Waals surface area contributed by atoms with Crippen LogP contribution in [0.25, 0.3) is 22.3 Å². The van der Waals surface area contributed by atoms with Crippen molar-refractivity contribution in [3.63, 3.8) is 0 Å². The number of alkyl halides is 3. The lowest BCUT2D eigenvalue weighted by Crippen LogP contribution is -2.13. The van der Waals surface area contributed by atoms with Crippen molar-refractivity contribution in [2.24, 2.45) is 0 Å². The Labute approximate surface area is 150 Å². The Kier molecular flexibility index (Phi) is 3.98. The largest absolute Gasteiger partial charge is 0.416 e. The molecule has 4 rings (SSSR count). The summed E-state index contributed by atoms with van der Waals surface area (Å²) >= 11 is 0. The third-order valence-electron chi connectivity index (χ3n) is 4.22. The van der Waals surface area contributed by atoms with Crippen LogP contribution < -0.4 is 5.43 Å². The Morgan fingerprint density at radius 1 is 1.04 bits per heavy atom. The molecule has 27 heavy (non-hydrogen) atoms. The summed E-state index contributed by atoms with van der Waals surface area (Å²) in [4.78, 5) is 12.7. The summed E-state index contributed by atoms with van der Waals surface area (Å²) in [5.41, 5.74) is 0.680. The third kappa shape index (κ3) is 3.19. The summed E-state index contributed by atoms with van der Waals surface area (Å²) in [5.74, 6) is 0.229. The van der Waals surface area contributed by atoms with Crippen LogP contribution in [0.3, 0.4) is 0 Å². The number of hydrogen-bond acceptors (Lipinski definition) is 4. The molecule has 0 aliphatic rings. The van der Waals surface area contributed by atoms with Gasteiger partial charge in [0.2, 0.25) is 0 Å². The normalized spacial score (nSPS) is 11.8. The van der Waals surface area contributed by atoms with Gasteiger partial charge in [0, 0.05) is 18.1 Å². The van der Waals surface area contributed by atoms with Crippen LogP contribution in [0.15, 0.2) is 59.5 Å². The molecule has 0 amide bonds. The van der Waals surface area contributed by atoms with E-state index in [9.17, 15) is 18.0 Å². The number of rotatable bonds is 3. The fraction of sp³-hybridized carbons (Fsp3) is 0.111. The van der Waals surface area contributed by atoms with Crippen LogP contribution in [0.4, 0.5) is 13.2 Å². The molecule has 0 aliphatic heterocycles. The van der Waals surface area contributed by atoms with Gasteiger partial charge in [0.05, 0.1) is 16.6 Å². The molecule has 0 spiro atoms. The van der Waals surface area contributed by atoms with Gasteiger partial charge in [-0.3, -0.25) is 4.79 Å². The molecular weight excluding hydrogens is 359 g/mol. The molecule has 0 saturated carbocycles. The van der Waals surface area contributed by atoms with Gasteiger partial charge in [-0.05, 0) is 40.3 Å². The first-order valence-electron chi connectivity index (χ1n) is 7.96. The van der Waals surface area contributed by atoms with E-state index in [1.165, 1.54) is 12.1 Å². The predicted molar refractivity (Wildman–Crippen MR) is 91.9 cm³/mol. The number of nitrogens with zero attached hydrogens (tertiary/aromatic N) is 4. The summed E-state index contributed by atoms with van der Waals surface area (Å²) in [6.07, 6.45) is -2.78. The number of tetrazole rings is 1. The Hall–Kier alpha value is -3.49. The maximum Gasteiger partial charge on any atom is 0.416 e. The number of H-pyrrole nitrogens is 1. The van der Waals surface area contributed by atoms with E-state index < -0.39 is 11.7 Å². The minimum Gasteiger partial charge on any atom is -0.342 e.